The number of anilines is 1. The highest BCUT2D eigenvalue weighted by Crippen LogP contribution is 2.25. The molecule has 8 heteroatoms. The predicted octanol–water partition coefficient (Wildman–Crippen LogP) is 3.76. The van der Waals surface area contributed by atoms with E-state index < -0.39 is 10.0 Å². The molecule has 0 saturated heterocycles. The van der Waals surface area contributed by atoms with E-state index >= 15 is 0 Å². The highest BCUT2D eigenvalue weighted by atomic mass is 32.2. The van der Waals surface area contributed by atoms with Crippen LogP contribution in [0.4, 0.5) is 5.69 Å². The zero-order valence-corrected chi connectivity index (χ0v) is 19.6. The van der Waals surface area contributed by atoms with E-state index in [2.05, 4.69) is 19.2 Å². The van der Waals surface area contributed by atoms with Gasteiger partial charge in [-0.25, -0.2) is 8.42 Å². The number of sulfonamides is 1. The molecule has 0 saturated carbocycles. The van der Waals surface area contributed by atoms with Crippen LogP contribution in [-0.4, -0.2) is 40.8 Å². The van der Waals surface area contributed by atoms with Crippen LogP contribution in [0.1, 0.15) is 38.8 Å². The van der Waals surface area contributed by atoms with Gasteiger partial charge >= 0.3 is 0 Å². The van der Waals surface area contributed by atoms with Crippen molar-refractivity contribution in [3.8, 4) is 11.5 Å². The first-order valence-corrected chi connectivity index (χ1v) is 12.1. The van der Waals surface area contributed by atoms with Gasteiger partial charge in [0.05, 0.1) is 31.7 Å². The molecule has 0 aromatic heterocycles. The maximum absolute atomic E-state index is 12.9. The number of hydrogen-bond acceptors (Lipinski definition) is 5. The Bertz CT molecular complexity index is 958. The monoisotopic (exact) mass is 448 g/mol. The van der Waals surface area contributed by atoms with Crippen LogP contribution >= 0.6 is 0 Å². The molecule has 31 heavy (non-hydrogen) atoms. The minimum atomic E-state index is -3.68. The van der Waals surface area contributed by atoms with Gasteiger partial charge in [-0.3, -0.25) is 9.10 Å². The molecule has 2 rings (SSSR count). The van der Waals surface area contributed by atoms with Gasteiger partial charge in [-0.2, -0.15) is 0 Å². The molecule has 1 N–H and O–H groups in total. The Hall–Kier alpha value is -2.74. The SMILES string of the molecule is CCOc1cccc(N(CC(=O)NC(CC(C)C)c2ccc(OC)cc2)S(C)(=O)=O)c1. The lowest BCUT2D eigenvalue weighted by atomic mass is 9.97. The lowest BCUT2D eigenvalue weighted by Gasteiger charge is -2.25. The summed E-state index contributed by atoms with van der Waals surface area (Å²) in [6.07, 6.45) is 1.81. The third-order valence-corrected chi connectivity index (χ3v) is 5.81. The van der Waals surface area contributed by atoms with E-state index in [9.17, 15) is 13.2 Å². The molecule has 0 fully saturated rings. The summed E-state index contributed by atoms with van der Waals surface area (Å²) in [4.78, 5) is 12.9. The maximum atomic E-state index is 12.9. The van der Waals surface area contributed by atoms with Crippen LogP contribution in [-0.2, 0) is 14.8 Å². The van der Waals surface area contributed by atoms with Crippen LogP contribution in [0.25, 0.3) is 0 Å². The smallest absolute Gasteiger partial charge is 0.241 e. The number of nitrogens with one attached hydrogen (secondary N) is 1. The van der Waals surface area contributed by atoms with Crippen molar-refractivity contribution < 1.29 is 22.7 Å². The number of ether oxygens (including phenoxy) is 2. The molecule has 2 aromatic rings. The molecule has 170 valence electrons. The van der Waals surface area contributed by atoms with Crippen molar-refractivity contribution in [2.45, 2.75) is 33.2 Å². The van der Waals surface area contributed by atoms with E-state index in [0.29, 0.717) is 24.0 Å². The largest absolute Gasteiger partial charge is 0.497 e. The Morgan fingerprint density at radius 1 is 1.10 bits per heavy atom. The molecule has 1 amide bonds. The van der Waals surface area contributed by atoms with Gasteiger partial charge in [-0.05, 0) is 49.1 Å². The van der Waals surface area contributed by atoms with E-state index in [1.54, 1.807) is 31.4 Å². The minimum Gasteiger partial charge on any atom is -0.497 e. The van der Waals surface area contributed by atoms with Gasteiger partial charge in [0.25, 0.3) is 0 Å². The van der Waals surface area contributed by atoms with E-state index in [4.69, 9.17) is 9.47 Å². The summed E-state index contributed by atoms with van der Waals surface area (Å²) >= 11 is 0. The molecule has 0 radical (unpaired) electrons. The summed E-state index contributed by atoms with van der Waals surface area (Å²) in [6, 6.07) is 14.0. The molecular weight excluding hydrogens is 416 g/mol. The Labute approximate surface area is 185 Å². The second-order valence-corrected chi connectivity index (χ2v) is 9.63. The molecule has 7 nitrogen and oxygen atoms in total. The standard InChI is InChI=1S/C23H32N2O5S/c1-6-30-21-9-7-8-19(15-21)25(31(5,27)28)16-23(26)24-22(14-17(2)3)18-10-12-20(29-4)13-11-18/h7-13,15,17,22H,6,14,16H2,1-5H3,(H,24,26). The van der Waals surface area contributed by atoms with E-state index in [1.807, 2.05) is 31.2 Å². The molecule has 1 unspecified atom stereocenters. The molecule has 1 atom stereocenters. The van der Waals surface area contributed by atoms with Crippen LogP contribution in [0.5, 0.6) is 11.5 Å². The van der Waals surface area contributed by atoms with Gasteiger partial charge in [0.2, 0.25) is 15.9 Å². The molecule has 0 aliphatic carbocycles. The average Bonchev–Trinajstić information content (AvgIpc) is 2.71. The molecular formula is C23H32N2O5S. The fourth-order valence-electron chi connectivity index (χ4n) is 3.25. The van der Waals surface area contributed by atoms with Crippen LogP contribution in [0, 0.1) is 5.92 Å². The Morgan fingerprint density at radius 3 is 2.32 bits per heavy atom. The zero-order chi connectivity index (χ0) is 23.0. The molecule has 0 aliphatic rings. The lowest BCUT2D eigenvalue weighted by molar-refractivity contribution is -0.120. The summed E-state index contributed by atoms with van der Waals surface area (Å²) in [5.74, 6) is 1.23. The summed E-state index contributed by atoms with van der Waals surface area (Å²) in [5.41, 5.74) is 1.32. The van der Waals surface area contributed by atoms with Gasteiger partial charge in [-0.1, -0.05) is 32.0 Å². The molecule has 0 heterocycles. The van der Waals surface area contributed by atoms with Crippen LogP contribution < -0.4 is 19.1 Å². The first-order valence-electron chi connectivity index (χ1n) is 10.3. The summed E-state index contributed by atoms with van der Waals surface area (Å²) in [5, 5.41) is 3.00. The van der Waals surface area contributed by atoms with Crippen molar-refractivity contribution >= 4 is 21.6 Å². The number of rotatable bonds is 11. The first-order chi connectivity index (χ1) is 14.6. The number of carbonyl (C=O) groups is 1. The van der Waals surface area contributed by atoms with Gasteiger partial charge in [0.1, 0.15) is 18.0 Å². The number of methoxy groups -OCH3 is 1. The van der Waals surface area contributed by atoms with E-state index in [1.165, 1.54) is 0 Å². The Balaban J connectivity index is 2.23. The number of carbonyl (C=O) groups excluding carboxylic acids is 1. The minimum absolute atomic E-state index is 0.241. The van der Waals surface area contributed by atoms with E-state index in [0.717, 1.165) is 28.3 Å². The van der Waals surface area contributed by atoms with Crippen LogP contribution in [0.3, 0.4) is 0 Å². The summed E-state index contributed by atoms with van der Waals surface area (Å²) in [7, 11) is -2.08. The zero-order valence-electron chi connectivity index (χ0n) is 18.8. The second-order valence-electron chi connectivity index (χ2n) is 7.72. The predicted molar refractivity (Wildman–Crippen MR) is 123 cm³/mol. The fraction of sp³-hybridized carbons (Fsp3) is 0.435. The van der Waals surface area contributed by atoms with Crippen molar-refractivity contribution in [3.05, 3.63) is 54.1 Å². The van der Waals surface area contributed by atoms with Gasteiger partial charge in [-0.15, -0.1) is 0 Å². The second kappa shape index (κ2) is 11.0. The van der Waals surface area contributed by atoms with Crippen molar-refractivity contribution in [1.82, 2.24) is 5.32 Å². The maximum Gasteiger partial charge on any atom is 0.241 e. The van der Waals surface area contributed by atoms with Gasteiger partial charge in [0.15, 0.2) is 0 Å². The van der Waals surface area contributed by atoms with Crippen molar-refractivity contribution in [3.63, 3.8) is 0 Å². The fourth-order valence-corrected chi connectivity index (χ4v) is 4.10. The quantitative estimate of drug-likeness (QED) is 0.566. The topological polar surface area (TPSA) is 84.9 Å². The number of amides is 1. The normalized spacial score (nSPS) is 12.3. The highest BCUT2D eigenvalue weighted by Gasteiger charge is 2.24. The number of hydrogen-bond donors (Lipinski definition) is 1. The number of benzene rings is 2. The lowest BCUT2D eigenvalue weighted by Crippen LogP contribution is -2.41. The van der Waals surface area contributed by atoms with Crippen molar-refractivity contribution in [2.24, 2.45) is 5.92 Å². The average molecular weight is 449 g/mol. The van der Waals surface area contributed by atoms with Crippen molar-refractivity contribution in [2.75, 3.05) is 30.8 Å². The number of nitrogens with zero attached hydrogens (tertiary/aromatic N) is 1. The Kier molecular flexibility index (Phi) is 8.74. The third-order valence-electron chi connectivity index (χ3n) is 4.66. The summed E-state index contributed by atoms with van der Waals surface area (Å²) in [6.45, 7) is 6.14. The van der Waals surface area contributed by atoms with Crippen LogP contribution in [0.2, 0.25) is 0 Å². The van der Waals surface area contributed by atoms with Crippen molar-refractivity contribution in [1.29, 1.82) is 0 Å². The third kappa shape index (κ3) is 7.47. The highest BCUT2D eigenvalue weighted by molar-refractivity contribution is 7.92. The van der Waals surface area contributed by atoms with E-state index in [-0.39, 0.29) is 18.5 Å². The summed E-state index contributed by atoms with van der Waals surface area (Å²) < 4.78 is 36.6. The Morgan fingerprint density at radius 2 is 1.77 bits per heavy atom. The molecule has 0 bridgehead atoms. The first kappa shape index (κ1) is 24.5. The van der Waals surface area contributed by atoms with Crippen LogP contribution in [0.15, 0.2) is 48.5 Å². The van der Waals surface area contributed by atoms with Gasteiger partial charge < -0.3 is 14.8 Å². The van der Waals surface area contributed by atoms with Gasteiger partial charge in [0, 0.05) is 6.07 Å². The molecule has 2 aromatic carbocycles. The molecule has 0 spiro atoms. The molecule has 0 aliphatic heterocycles.